The number of ether oxygens (including phenoxy) is 1. The number of halogens is 3. The van der Waals surface area contributed by atoms with Crippen molar-refractivity contribution in [2.24, 2.45) is 0 Å². The van der Waals surface area contributed by atoms with Gasteiger partial charge in [0.1, 0.15) is 5.69 Å². The lowest BCUT2D eigenvalue weighted by atomic mass is 10.1. The van der Waals surface area contributed by atoms with Gasteiger partial charge in [-0.15, -0.1) is 0 Å². The molecule has 7 heteroatoms. The fourth-order valence-corrected chi connectivity index (χ4v) is 1.82. The van der Waals surface area contributed by atoms with E-state index in [4.69, 9.17) is 27.9 Å². The van der Waals surface area contributed by atoms with Gasteiger partial charge >= 0.3 is 0 Å². The molecule has 2 aromatic rings. The van der Waals surface area contributed by atoms with E-state index in [-0.39, 0.29) is 22.2 Å². The maximum Gasteiger partial charge on any atom is 0.262 e. The number of pyridine rings is 1. The number of phenols is 1. The summed E-state index contributed by atoms with van der Waals surface area (Å²) in [5.41, 5.74) is 0.390. The fourth-order valence-electron chi connectivity index (χ4n) is 1.63. The number of hydrogen-bond acceptors (Lipinski definition) is 4. The van der Waals surface area contributed by atoms with Crippen molar-refractivity contribution in [3.8, 4) is 22.8 Å². The van der Waals surface area contributed by atoms with E-state index in [2.05, 4.69) is 4.98 Å². The molecule has 0 spiro atoms. The van der Waals surface area contributed by atoms with E-state index in [9.17, 15) is 14.3 Å². The van der Waals surface area contributed by atoms with Crippen LogP contribution in [0.5, 0.6) is 11.5 Å². The third-order valence-corrected chi connectivity index (χ3v) is 3.18. The topological polar surface area (TPSA) is 59.4 Å². The molecule has 0 bridgehead atoms. The second kappa shape index (κ2) is 6.28. The van der Waals surface area contributed by atoms with E-state index in [0.717, 1.165) is 6.07 Å². The van der Waals surface area contributed by atoms with Crippen molar-refractivity contribution in [1.82, 2.24) is 4.98 Å². The Hall–Kier alpha value is -1.85. The number of phenolic OH excluding ortho intramolecular Hbond substituents is 1. The van der Waals surface area contributed by atoms with Crippen LogP contribution in [0, 0.1) is 5.82 Å². The van der Waals surface area contributed by atoms with Gasteiger partial charge in [-0.25, -0.2) is 4.39 Å². The Labute approximate surface area is 130 Å². The Morgan fingerprint density at radius 3 is 2.71 bits per heavy atom. The minimum atomic E-state index is -0.909. The summed E-state index contributed by atoms with van der Waals surface area (Å²) in [5, 5.41) is 9.36. The van der Waals surface area contributed by atoms with Crippen LogP contribution in [-0.4, -0.2) is 21.4 Å². The second-order valence-corrected chi connectivity index (χ2v) is 5.04. The smallest absolute Gasteiger partial charge is 0.262 e. The van der Waals surface area contributed by atoms with Crippen LogP contribution >= 0.6 is 23.2 Å². The molecule has 0 saturated heterocycles. The average Bonchev–Trinajstić information content (AvgIpc) is 2.41. The van der Waals surface area contributed by atoms with Gasteiger partial charge in [0, 0.05) is 11.8 Å². The number of rotatable bonds is 4. The van der Waals surface area contributed by atoms with Gasteiger partial charge in [0.05, 0.1) is 5.02 Å². The monoisotopic (exact) mass is 329 g/mol. The first-order valence-electron chi connectivity index (χ1n) is 5.89. The normalized spacial score (nSPS) is 12.0. The molecule has 0 saturated carbocycles. The molecule has 0 aliphatic heterocycles. The van der Waals surface area contributed by atoms with Crippen molar-refractivity contribution in [2.75, 3.05) is 0 Å². The van der Waals surface area contributed by atoms with Crippen LogP contribution in [0.1, 0.15) is 6.92 Å². The average molecular weight is 330 g/mol. The molecule has 4 nitrogen and oxygen atoms in total. The van der Waals surface area contributed by atoms with Crippen LogP contribution < -0.4 is 4.74 Å². The number of aromatic hydroxyl groups is 1. The van der Waals surface area contributed by atoms with Gasteiger partial charge in [-0.2, -0.15) is 0 Å². The summed E-state index contributed by atoms with van der Waals surface area (Å²) < 4.78 is 18.9. The zero-order valence-electron chi connectivity index (χ0n) is 10.8. The molecule has 0 aliphatic carbocycles. The predicted octanol–water partition coefficient (Wildman–Crippen LogP) is 3.78. The minimum Gasteiger partial charge on any atom is -0.504 e. The van der Waals surface area contributed by atoms with Crippen molar-refractivity contribution in [1.29, 1.82) is 0 Å². The van der Waals surface area contributed by atoms with E-state index in [1.54, 1.807) is 0 Å². The van der Waals surface area contributed by atoms with Crippen LogP contribution in [0.3, 0.4) is 0 Å². The molecule has 21 heavy (non-hydrogen) atoms. The Morgan fingerprint density at radius 2 is 2.14 bits per heavy atom. The van der Waals surface area contributed by atoms with E-state index in [0.29, 0.717) is 5.56 Å². The van der Waals surface area contributed by atoms with Crippen molar-refractivity contribution >= 4 is 28.4 Å². The molecule has 2 rings (SSSR count). The minimum absolute atomic E-state index is 0.0442. The van der Waals surface area contributed by atoms with E-state index >= 15 is 0 Å². The van der Waals surface area contributed by atoms with E-state index in [1.165, 1.54) is 31.3 Å². The summed E-state index contributed by atoms with van der Waals surface area (Å²) in [5.74, 6) is -0.803. The lowest BCUT2D eigenvalue weighted by molar-refractivity contribution is -0.117. The molecule has 0 radical (unpaired) electrons. The molecule has 1 aromatic heterocycles. The third kappa shape index (κ3) is 3.62. The summed E-state index contributed by atoms with van der Waals surface area (Å²) in [7, 11) is 0. The van der Waals surface area contributed by atoms with Gasteiger partial charge in [0.15, 0.2) is 23.4 Å². The van der Waals surface area contributed by atoms with E-state index in [1.807, 2.05) is 0 Å². The molecular formula is C14H10Cl2FNO3. The van der Waals surface area contributed by atoms with Gasteiger partial charge in [-0.1, -0.05) is 11.6 Å². The number of hydrogen-bond donors (Lipinski definition) is 1. The van der Waals surface area contributed by atoms with Gasteiger partial charge in [0.25, 0.3) is 5.24 Å². The highest BCUT2D eigenvalue weighted by Gasteiger charge is 2.15. The maximum absolute atomic E-state index is 13.8. The number of carbonyl (C=O) groups is 1. The van der Waals surface area contributed by atoms with Crippen molar-refractivity contribution in [3.63, 3.8) is 0 Å². The molecule has 1 aromatic carbocycles. The van der Waals surface area contributed by atoms with Gasteiger partial charge < -0.3 is 9.84 Å². The lowest BCUT2D eigenvalue weighted by Crippen LogP contribution is -2.18. The largest absolute Gasteiger partial charge is 0.504 e. The van der Waals surface area contributed by atoms with Gasteiger partial charge in [-0.3, -0.25) is 9.78 Å². The molecule has 110 valence electrons. The number of aromatic nitrogens is 1. The van der Waals surface area contributed by atoms with Crippen LogP contribution in [0.15, 0.2) is 30.5 Å². The summed E-state index contributed by atoms with van der Waals surface area (Å²) in [6.45, 7) is 1.45. The molecular weight excluding hydrogens is 320 g/mol. The summed E-state index contributed by atoms with van der Waals surface area (Å²) in [4.78, 5) is 14.8. The van der Waals surface area contributed by atoms with Gasteiger partial charge in [-0.05, 0) is 42.8 Å². The molecule has 0 aliphatic rings. The quantitative estimate of drug-likeness (QED) is 0.867. The Balaban J connectivity index is 2.32. The van der Waals surface area contributed by atoms with Crippen molar-refractivity contribution in [2.45, 2.75) is 13.0 Å². The number of benzene rings is 1. The molecule has 0 fully saturated rings. The van der Waals surface area contributed by atoms with Crippen molar-refractivity contribution in [3.05, 3.63) is 41.3 Å². The highest BCUT2D eigenvalue weighted by Crippen LogP contribution is 2.33. The third-order valence-electron chi connectivity index (χ3n) is 2.66. The number of nitrogens with zero attached hydrogens (tertiary/aromatic N) is 1. The van der Waals surface area contributed by atoms with Gasteiger partial charge in [0.2, 0.25) is 0 Å². The summed E-state index contributed by atoms with van der Waals surface area (Å²) in [6, 6.07) is 5.30. The fraction of sp³-hybridized carbons (Fsp3) is 0.143. The molecule has 0 amide bonds. The lowest BCUT2D eigenvalue weighted by Gasteiger charge is -2.12. The van der Waals surface area contributed by atoms with E-state index < -0.39 is 17.2 Å². The first kappa shape index (κ1) is 15.5. The Bertz CT molecular complexity index is 694. The van der Waals surface area contributed by atoms with Crippen LogP contribution in [0.2, 0.25) is 5.02 Å². The molecule has 1 heterocycles. The molecule has 1 unspecified atom stereocenters. The zero-order chi connectivity index (χ0) is 15.6. The highest BCUT2D eigenvalue weighted by atomic mass is 35.5. The predicted molar refractivity (Wildman–Crippen MR) is 77.3 cm³/mol. The van der Waals surface area contributed by atoms with Crippen LogP contribution in [-0.2, 0) is 4.79 Å². The summed E-state index contributed by atoms with van der Waals surface area (Å²) in [6.07, 6.45) is 0.393. The first-order valence-corrected chi connectivity index (χ1v) is 6.64. The summed E-state index contributed by atoms with van der Waals surface area (Å²) >= 11 is 10.9. The Morgan fingerprint density at radius 1 is 1.43 bits per heavy atom. The second-order valence-electron chi connectivity index (χ2n) is 4.23. The Kier molecular flexibility index (Phi) is 4.65. The van der Waals surface area contributed by atoms with Crippen molar-refractivity contribution < 1.29 is 19.0 Å². The standard InChI is InChI=1S/C14H10Cl2FNO3/c1-7(14(16)20)21-12-3-2-8(4-11(12)19)13-10(17)5-9(15)6-18-13/h2-7,19H,1H3. The zero-order valence-corrected chi connectivity index (χ0v) is 12.3. The SMILES string of the molecule is CC(Oc1ccc(-c2ncc(Cl)cc2F)cc1O)C(=O)Cl. The van der Waals surface area contributed by atoms with Crippen LogP contribution in [0.4, 0.5) is 4.39 Å². The highest BCUT2D eigenvalue weighted by molar-refractivity contribution is 6.64. The maximum atomic E-state index is 13.8. The number of carbonyl (C=O) groups excluding carboxylic acids is 1. The molecule has 1 atom stereocenters. The van der Waals surface area contributed by atoms with Crippen LogP contribution in [0.25, 0.3) is 11.3 Å². The first-order chi connectivity index (χ1) is 9.88. The molecule has 1 N–H and O–H groups in total.